The van der Waals surface area contributed by atoms with Crippen LogP contribution >= 0.6 is 0 Å². The summed E-state index contributed by atoms with van der Waals surface area (Å²) in [4.78, 5) is 23.9. The first-order chi connectivity index (χ1) is 8.60. The van der Waals surface area contributed by atoms with E-state index in [1.807, 2.05) is 0 Å². The summed E-state index contributed by atoms with van der Waals surface area (Å²) in [5.41, 5.74) is 0.232. The van der Waals surface area contributed by atoms with Gasteiger partial charge < -0.3 is 19.3 Å². The maximum Gasteiger partial charge on any atom is 0.303 e. The van der Waals surface area contributed by atoms with E-state index in [-0.39, 0.29) is 30.5 Å². The summed E-state index contributed by atoms with van der Waals surface area (Å²) < 4.78 is 9.78. The van der Waals surface area contributed by atoms with E-state index in [2.05, 4.69) is 5.16 Å². The predicted molar refractivity (Wildman–Crippen MR) is 58.9 cm³/mol. The average Bonchev–Trinajstić information content (AvgIpc) is 2.71. The molecule has 1 fully saturated rings. The second kappa shape index (κ2) is 5.18. The number of hydrogen-bond donors (Lipinski definition) is 1. The van der Waals surface area contributed by atoms with Crippen LogP contribution in [0.25, 0.3) is 0 Å². The van der Waals surface area contributed by atoms with Crippen LogP contribution in [0.15, 0.2) is 10.6 Å². The van der Waals surface area contributed by atoms with Gasteiger partial charge in [0.25, 0.3) is 5.91 Å². The molecule has 0 aromatic carbocycles. The minimum absolute atomic E-state index is 0.0387. The molecule has 0 saturated carbocycles. The number of aromatic nitrogens is 1. The lowest BCUT2D eigenvalue weighted by Gasteiger charge is -2.37. The van der Waals surface area contributed by atoms with E-state index in [4.69, 9.17) is 14.4 Å². The number of carboxylic acids is 1. The summed E-state index contributed by atoms with van der Waals surface area (Å²) >= 11 is 0. The van der Waals surface area contributed by atoms with Gasteiger partial charge in [-0.15, -0.1) is 0 Å². The van der Waals surface area contributed by atoms with Crippen LogP contribution in [0.1, 0.15) is 22.7 Å². The van der Waals surface area contributed by atoms with Gasteiger partial charge in [0.1, 0.15) is 6.61 Å². The van der Waals surface area contributed by atoms with Crippen molar-refractivity contribution < 1.29 is 24.0 Å². The van der Waals surface area contributed by atoms with Crippen LogP contribution in [0.4, 0.5) is 0 Å². The molecule has 1 aliphatic rings. The Bertz CT molecular complexity index is 450. The lowest BCUT2D eigenvalue weighted by Crippen LogP contribution is -2.50. The van der Waals surface area contributed by atoms with Gasteiger partial charge in [0, 0.05) is 32.2 Å². The normalized spacial score (nSPS) is 15.5. The minimum atomic E-state index is -0.837. The molecule has 1 amide bonds. The van der Waals surface area contributed by atoms with Crippen molar-refractivity contribution in [2.24, 2.45) is 5.92 Å². The van der Waals surface area contributed by atoms with E-state index >= 15 is 0 Å². The number of likely N-dealkylation sites (tertiary alicyclic amines) is 1. The zero-order chi connectivity index (χ0) is 13.1. The first kappa shape index (κ1) is 12.6. The number of nitrogens with zero attached hydrogens (tertiary/aromatic N) is 2. The summed E-state index contributed by atoms with van der Waals surface area (Å²) in [6, 6.07) is 1.54. The highest BCUT2D eigenvalue weighted by Crippen LogP contribution is 2.21. The molecule has 0 atom stereocenters. The molecule has 0 radical (unpaired) electrons. The second-order valence-corrected chi connectivity index (χ2v) is 4.29. The van der Waals surface area contributed by atoms with Crippen molar-refractivity contribution in [2.45, 2.75) is 13.0 Å². The van der Waals surface area contributed by atoms with Gasteiger partial charge in [-0.1, -0.05) is 5.16 Å². The largest absolute Gasteiger partial charge is 0.481 e. The molecule has 1 aromatic heterocycles. The molecule has 0 aliphatic carbocycles. The van der Waals surface area contributed by atoms with Crippen molar-refractivity contribution in [2.75, 3.05) is 20.2 Å². The Morgan fingerprint density at radius 3 is 2.94 bits per heavy atom. The monoisotopic (exact) mass is 254 g/mol. The number of methoxy groups -OCH3 is 1. The molecular weight excluding hydrogens is 240 g/mol. The number of hydrogen-bond acceptors (Lipinski definition) is 5. The third-order valence-corrected chi connectivity index (χ3v) is 2.77. The Hall–Kier alpha value is -1.89. The molecule has 2 rings (SSSR count). The van der Waals surface area contributed by atoms with Gasteiger partial charge in [0.15, 0.2) is 11.5 Å². The van der Waals surface area contributed by atoms with Crippen LogP contribution < -0.4 is 0 Å². The zero-order valence-electron chi connectivity index (χ0n) is 9.96. The van der Waals surface area contributed by atoms with E-state index in [1.54, 1.807) is 4.90 Å². The predicted octanol–water partition coefficient (Wildman–Crippen LogP) is 0.368. The standard InChI is InChI=1S/C11H14N2O5/c1-17-6-8-3-9(12-18-8)11(16)13-4-7(5-13)2-10(14)15/h3,7H,2,4-6H2,1H3,(H,14,15). The van der Waals surface area contributed by atoms with Crippen molar-refractivity contribution in [3.63, 3.8) is 0 Å². The number of ether oxygens (including phenoxy) is 1. The zero-order valence-corrected chi connectivity index (χ0v) is 9.96. The van der Waals surface area contributed by atoms with Gasteiger partial charge in [0.05, 0.1) is 6.42 Å². The summed E-state index contributed by atoms with van der Waals surface area (Å²) in [6.45, 7) is 1.18. The maximum absolute atomic E-state index is 11.9. The van der Waals surface area contributed by atoms with Gasteiger partial charge in [-0.05, 0) is 0 Å². The van der Waals surface area contributed by atoms with Gasteiger partial charge in [-0.2, -0.15) is 0 Å². The average molecular weight is 254 g/mol. The third kappa shape index (κ3) is 2.67. The van der Waals surface area contributed by atoms with Crippen molar-refractivity contribution in [3.8, 4) is 0 Å². The Labute approximate surface area is 103 Å². The maximum atomic E-state index is 11.9. The molecule has 2 heterocycles. The smallest absolute Gasteiger partial charge is 0.303 e. The molecule has 0 bridgehead atoms. The van der Waals surface area contributed by atoms with E-state index in [0.29, 0.717) is 18.8 Å². The summed E-state index contributed by atoms with van der Waals surface area (Å²) in [5.74, 6) is -0.543. The molecule has 7 heteroatoms. The van der Waals surface area contributed by atoms with Crippen molar-refractivity contribution in [1.29, 1.82) is 0 Å². The molecule has 18 heavy (non-hydrogen) atoms. The topological polar surface area (TPSA) is 92.9 Å². The summed E-state index contributed by atoms with van der Waals surface area (Å²) in [5, 5.41) is 12.3. The van der Waals surface area contributed by atoms with Gasteiger partial charge in [0.2, 0.25) is 0 Å². The van der Waals surface area contributed by atoms with Crippen LogP contribution in [0.3, 0.4) is 0 Å². The number of carbonyl (C=O) groups is 2. The van der Waals surface area contributed by atoms with Crippen LogP contribution in [0.5, 0.6) is 0 Å². The molecule has 1 saturated heterocycles. The van der Waals surface area contributed by atoms with Crippen LogP contribution in [0, 0.1) is 5.92 Å². The first-order valence-electron chi connectivity index (χ1n) is 5.55. The fraction of sp³-hybridized carbons (Fsp3) is 0.545. The van der Waals surface area contributed by atoms with Gasteiger partial charge in [-0.25, -0.2) is 0 Å². The minimum Gasteiger partial charge on any atom is -0.481 e. The molecule has 0 spiro atoms. The SMILES string of the molecule is COCc1cc(C(=O)N2CC(CC(=O)O)C2)no1. The van der Waals surface area contributed by atoms with Gasteiger partial charge in [-0.3, -0.25) is 9.59 Å². The Morgan fingerprint density at radius 1 is 1.61 bits per heavy atom. The van der Waals surface area contributed by atoms with E-state index in [0.717, 1.165) is 0 Å². The summed E-state index contributed by atoms with van der Waals surface area (Å²) in [6.07, 6.45) is 0.0948. The molecular formula is C11H14N2O5. The third-order valence-electron chi connectivity index (χ3n) is 2.77. The van der Waals surface area contributed by atoms with E-state index in [1.165, 1.54) is 13.2 Å². The number of amides is 1. The highest BCUT2D eigenvalue weighted by atomic mass is 16.5. The molecule has 1 N–H and O–H groups in total. The van der Waals surface area contributed by atoms with Crippen LogP contribution in [0.2, 0.25) is 0 Å². The Kier molecular flexibility index (Phi) is 3.61. The number of carboxylic acid groups (broad SMARTS) is 1. The quantitative estimate of drug-likeness (QED) is 0.815. The number of carbonyl (C=O) groups excluding carboxylic acids is 1. The highest BCUT2D eigenvalue weighted by Gasteiger charge is 2.33. The first-order valence-corrected chi connectivity index (χ1v) is 5.55. The fourth-order valence-electron chi connectivity index (χ4n) is 1.90. The van der Waals surface area contributed by atoms with Crippen molar-refractivity contribution in [3.05, 3.63) is 17.5 Å². The van der Waals surface area contributed by atoms with Crippen molar-refractivity contribution in [1.82, 2.24) is 10.1 Å². The fourth-order valence-corrected chi connectivity index (χ4v) is 1.90. The number of rotatable bonds is 5. The summed E-state index contributed by atoms with van der Waals surface area (Å²) in [7, 11) is 1.52. The van der Waals surface area contributed by atoms with Gasteiger partial charge >= 0.3 is 5.97 Å². The van der Waals surface area contributed by atoms with Crippen LogP contribution in [-0.4, -0.2) is 47.2 Å². The molecule has 0 unspecified atom stereocenters. The van der Waals surface area contributed by atoms with Crippen molar-refractivity contribution >= 4 is 11.9 Å². The highest BCUT2D eigenvalue weighted by molar-refractivity contribution is 5.92. The van der Waals surface area contributed by atoms with E-state index in [9.17, 15) is 9.59 Å². The number of aliphatic carboxylic acids is 1. The molecule has 98 valence electrons. The molecule has 1 aromatic rings. The molecule has 1 aliphatic heterocycles. The lowest BCUT2D eigenvalue weighted by atomic mass is 9.96. The Morgan fingerprint density at radius 2 is 2.33 bits per heavy atom. The second-order valence-electron chi connectivity index (χ2n) is 4.29. The van der Waals surface area contributed by atoms with E-state index < -0.39 is 5.97 Å². The lowest BCUT2D eigenvalue weighted by molar-refractivity contribution is -0.139. The van der Waals surface area contributed by atoms with Crippen LogP contribution in [-0.2, 0) is 16.1 Å². The molecule has 7 nitrogen and oxygen atoms in total. The Balaban J connectivity index is 1.87.